The maximum Gasteiger partial charge on any atom is 0.325 e. The van der Waals surface area contributed by atoms with E-state index >= 15 is 0 Å². The number of hydrogen-bond donors (Lipinski definition) is 2. The third kappa shape index (κ3) is 3.84. The monoisotopic (exact) mass is 449 g/mol. The third-order valence-electron chi connectivity index (χ3n) is 4.44. The van der Waals surface area contributed by atoms with Crippen LogP contribution >= 0.6 is 27.5 Å². The van der Waals surface area contributed by atoms with E-state index in [2.05, 4.69) is 26.6 Å². The van der Waals surface area contributed by atoms with Gasteiger partial charge in [-0.15, -0.1) is 0 Å². The molecule has 0 bridgehead atoms. The van der Waals surface area contributed by atoms with Crippen molar-refractivity contribution < 1.29 is 14.4 Å². The first kappa shape index (κ1) is 19.4. The number of carbonyl (C=O) groups is 3. The maximum absolute atomic E-state index is 12.8. The highest BCUT2D eigenvalue weighted by Crippen LogP contribution is 2.29. The molecule has 140 valence electrons. The van der Waals surface area contributed by atoms with Crippen LogP contribution in [0.2, 0.25) is 5.02 Å². The summed E-state index contributed by atoms with van der Waals surface area (Å²) in [4.78, 5) is 38.4. The molecule has 1 unspecified atom stereocenters. The minimum Gasteiger partial charge on any atom is -0.325 e. The first-order valence-corrected chi connectivity index (χ1v) is 9.34. The van der Waals surface area contributed by atoms with Gasteiger partial charge in [0.25, 0.3) is 5.91 Å². The van der Waals surface area contributed by atoms with Crippen LogP contribution in [0.1, 0.15) is 18.1 Å². The quantitative estimate of drug-likeness (QED) is 0.695. The zero-order valence-corrected chi connectivity index (χ0v) is 17.0. The van der Waals surface area contributed by atoms with Crippen molar-refractivity contribution in [3.05, 3.63) is 63.1 Å². The lowest BCUT2D eigenvalue weighted by Crippen LogP contribution is -2.42. The van der Waals surface area contributed by atoms with Crippen LogP contribution < -0.4 is 10.6 Å². The number of benzene rings is 2. The largest absolute Gasteiger partial charge is 0.325 e. The summed E-state index contributed by atoms with van der Waals surface area (Å²) in [5, 5.41) is 5.89. The van der Waals surface area contributed by atoms with Crippen molar-refractivity contribution in [2.24, 2.45) is 0 Å². The van der Waals surface area contributed by atoms with E-state index in [0.717, 1.165) is 14.9 Å². The molecule has 0 aliphatic carbocycles. The van der Waals surface area contributed by atoms with Gasteiger partial charge in [0, 0.05) is 15.2 Å². The van der Waals surface area contributed by atoms with Crippen molar-refractivity contribution in [1.82, 2.24) is 10.2 Å². The number of carbonyl (C=O) groups excluding carboxylic acids is 3. The highest BCUT2D eigenvalue weighted by atomic mass is 79.9. The van der Waals surface area contributed by atoms with E-state index in [0.29, 0.717) is 16.3 Å². The van der Waals surface area contributed by atoms with Crippen molar-refractivity contribution in [2.75, 3.05) is 11.9 Å². The summed E-state index contributed by atoms with van der Waals surface area (Å²) >= 11 is 9.28. The number of urea groups is 1. The molecular formula is C19H17BrClN3O3. The Morgan fingerprint density at radius 2 is 1.89 bits per heavy atom. The fraction of sp³-hybridized carbons (Fsp3) is 0.211. The van der Waals surface area contributed by atoms with Crippen molar-refractivity contribution in [2.45, 2.75) is 19.4 Å². The van der Waals surface area contributed by atoms with Crippen molar-refractivity contribution >= 4 is 51.1 Å². The highest BCUT2D eigenvalue weighted by Gasteiger charge is 2.49. The van der Waals surface area contributed by atoms with Crippen LogP contribution in [-0.4, -0.2) is 29.3 Å². The van der Waals surface area contributed by atoms with E-state index in [-0.39, 0.29) is 6.54 Å². The lowest BCUT2D eigenvalue weighted by Gasteiger charge is -2.22. The van der Waals surface area contributed by atoms with Gasteiger partial charge < -0.3 is 10.6 Å². The summed E-state index contributed by atoms with van der Waals surface area (Å²) in [5.41, 5.74) is 0.902. The number of amides is 4. The SMILES string of the molecule is Cc1cc(NC(=O)CN2C(=O)NC(C)(c3ccc(Cl)cc3)C2=O)ccc1Br. The summed E-state index contributed by atoms with van der Waals surface area (Å²) in [5.74, 6) is -0.947. The molecule has 27 heavy (non-hydrogen) atoms. The van der Waals surface area contributed by atoms with E-state index < -0.39 is 23.4 Å². The summed E-state index contributed by atoms with van der Waals surface area (Å²) in [7, 11) is 0. The molecule has 0 saturated carbocycles. The molecule has 0 radical (unpaired) electrons. The Hall–Kier alpha value is -2.38. The second-order valence-electron chi connectivity index (χ2n) is 6.47. The number of nitrogens with zero attached hydrogens (tertiary/aromatic N) is 1. The fourth-order valence-electron chi connectivity index (χ4n) is 2.89. The Bertz CT molecular complexity index is 932. The highest BCUT2D eigenvalue weighted by molar-refractivity contribution is 9.10. The third-order valence-corrected chi connectivity index (χ3v) is 5.58. The normalized spacial score (nSPS) is 19.2. The van der Waals surface area contributed by atoms with Gasteiger partial charge in [0.05, 0.1) is 0 Å². The van der Waals surface area contributed by atoms with E-state index in [1.165, 1.54) is 0 Å². The second-order valence-corrected chi connectivity index (χ2v) is 7.76. The average molecular weight is 451 g/mol. The average Bonchev–Trinajstić information content (AvgIpc) is 2.83. The molecule has 3 rings (SSSR count). The van der Waals surface area contributed by atoms with Crippen molar-refractivity contribution in [3.8, 4) is 0 Å². The topological polar surface area (TPSA) is 78.5 Å². The summed E-state index contributed by atoms with van der Waals surface area (Å²) in [6.45, 7) is 3.13. The predicted octanol–water partition coefficient (Wildman–Crippen LogP) is 3.82. The molecule has 2 aromatic carbocycles. The molecule has 1 saturated heterocycles. The van der Waals surface area contributed by atoms with Crippen molar-refractivity contribution in [1.29, 1.82) is 0 Å². The molecule has 4 amide bonds. The molecule has 2 N–H and O–H groups in total. The number of aryl methyl sites for hydroxylation is 1. The molecule has 1 heterocycles. The van der Waals surface area contributed by atoms with Gasteiger partial charge in [-0.25, -0.2) is 4.79 Å². The Labute approximate surface area is 170 Å². The van der Waals surface area contributed by atoms with Crippen LogP contribution in [0.15, 0.2) is 46.9 Å². The first-order valence-electron chi connectivity index (χ1n) is 8.17. The van der Waals surface area contributed by atoms with Crippen LogP contribution in [0.5, 0.6) is 0 Å². The van der Waals surface area contributed by atoms with Crippen molar-refractivity contribution in [3.63, 3.8) is 0 Å². The number of imide groups is 1. The van der Waals surface area contributed by atoms with Gasteiger partial charge in [0.1, 0.15) is 12.1 Å². The zero-order chi connectivity index (χ0) is 19.8. The standard InChI is InChI=1S/C19H17BrClN3O3/c1-11-9-14(7-8-15(11)20)22-16(25)10-24-17(26)19(2,23-18(24)27)12-3-5-13(21)6-4-12/h3-9H,10H2,1-2H3,(H,22,25)(H,23,27). The molecule has 0 spiro atoms. The molecular weight excluding hydrogens is 434 g/mol. The second kappa shape index (κ2) is 7.32. The van der Waals surface area contributed by atoms with Gasteiger partial charge in [0.2, 0.25) is 5.91 Å². The molecule has 1 aliphatic heterocycles. The number of hydrogen-bond acceptors (Lipinski definition) is 3. The molecule has 8 heteroatoms. The van der Waals surface area contributed by atoms with Gasteiger partial charge in [-0.3, -0.25) is 14.5 Å². The summed E-state index contributed by atoms with van der Waals surface area (Å²) in [6, 6.07) is 11.4. The van der Waals surface area contributed by atoms with E-state index in [1.54, 1.807) is 43.3 Å². The molecule has 1 aliphatic rings. The Kier molecular flexibility index (Phi) is 5.26. The lowest BCUT2D eigenvalue weighted by atomic mass is 9.92. The van der Waals surface area contributed by atoms with Crippen LogP contribution in [0, 0.1) is 6.92 Å². The minimum atomic E-state index is -1.24. The molecule has 0 aromatic heterocycles. The smallest absolute Gasteiger partial charge is 0.325 e. The molecule has 2 aromatic rings. The molecule has 1 fully saturated rings. The van der Waals surface area contributed by atoms with Crippen LogP contribution in [0.3, 0.4) is 0 Å². The van der Waals surface area contributed by atoms with E-state index in [1.807, 2.05) is 13.0 Å². The minimum absolute atomic E-state index is 0.372. The van der Waals surface area contributed by atoms with Gasteiger partial charge >= 0.3 is 6.03 Å². The molecule has 1 atom stereocenters. The lowest BCUT2D eigenvalue weighted by molar-refractivity contribution is -0.133. The van der Waals surface area contributed by atoms with E-state index in [4.69, 9.17) is 11.6 Å². The number of halogens is 2. The van der Waals surface area contributed by atoms with Crippen LogP contribution in [0.4, 0.5) is 10.5 Å². The number of nitrogens with one attached hydrogen (secondary N) is 2. The predicted molar refractivity (Wildman–Crippen MR) is 107 cm³/mol. The van der Waals surface area contributed by atoms with E-state index in [9.17, 15) is 14.4 Å². The van der Waals surface area contributed by atoms with Gasteiger partial charge in [-0.05, 0) is 55.3 Å². The van der Waals surface area contributed by atoms with Crippen LogP contribution in [-0.2, 0) is 15.1 Å². The summed E-state index contributed by atoms with van der Waals surface area (Å²) in [6.07, 6.45) is 0. The Morgan fingerprint density at radius 3 is 2.52 bits per heavy atom. The van der Waals surface area contributed by atoms with Crippen LogP contribution in [0.25, 0.3) is 0 Å². The van der Waals surface area contributed by atoms with Gasteiger partial charge in [0.15, 0.2) is 0 Å². The maximum atomic E-state index is 12.8. The first-order chi connectivity index (χ1) is 12.7. The van der Waals surface area contributed by atoms with Gasteiger partial charge in [-0.2, -0.15) is 0 Å². The fourth-order valence-corrected chi connectivity index (χ4v) is 3.26. The zero-order valence-electron chi connectivity index (χ0n) is 14.7. The number of anilines is 1. The number of rotatable bonds is 4. The van der Waals surface area contributed by atoms with Gasteiger partial charge in [-0.1, -0.05) is 39.7 Å². The summed E-state index contributed by atoms with van der Waals surface area (Å²) < 4.78 is 0.924. The Balaban J connectivity index is 1.74. The Morgan fingerprint density at radius 1 is 1.22 bits per heavy atom. The molecule has 6 nitrogen and oxygen atoms in total.